The van der Waals surface area contributed by atoms with Gasteiger partial charge in [-0.05, 0) is 125 Å². The van der Waals surface area contributed by atoms with Gasteiger partial charge in [-0.1, -0.05) is 75.5 Å². The highest BCUT2D eigenvalue weighted by Gasteiger charge is 2.91. The van der Waals surface area contributed by atoms with Gasteiger partial charge in [0.25, 0.3) is 0 Å². The second-order valence-electron chi connectivity index (χ2n) is 20.0. The second-order valence-corrected chi connectivity index (χ2v) is 20.0. The molecule has 2 N–H and O–H groups in total. The van der Waals surface area contributed by atoms with E-state index in [2.05, 4.69) is 60.1 Å². The molecule has 11 heterocycles. The maximum atomic E-state index is 15.3. The first-order valence-electron chi connectivity index (χ1n) is 22.8. The molecule has 7 nitrogen and oxygen atoms in total. The van der Waals surface area contributed by atoms with Gasteiger partial charge >= 0.3 is 11.9 Å². The van der Waals surface area contributed by atoms with Crippen molar-refractivity contribution >= 4 is 11.9 Å². The Kier molecular flexibility index (Phi) is 8.21. The monoisotopic (exact) mass is 745 g/mol. The zero-order valence-electron chi connectivity index (χ0n) is 33.4. The first-order valence-corrected chi connectivity index (χ1v) is 22.8. The molecule has 7 heteroatoms. The molecule has 4 aliphatic carbocycles. The Morgan fingerprint density at radius 3 is 2.71 bits per heavy atom. The van der Waals surface area contributed by atoms with Crippen LogP contribution in [-0.2, 0) is 26.3 Å². The van der Waals surface area contributed by atoms with Crippen molar-refractivity contribution in [1.82, 2.24) is 9.80 Å². The van der Waals surface area contributed by atoms with Gasteiger partial charge in [0.05, 0.1) is 11.0 Å². The number of piperidine rings is 3. The Hall–Kier alpha value is -2.90. The number of hydrogen-bond donors (Lipinski definition) is 1. The van der Waals surface area contributed by atoms with E-state index in [0.29, 0.717) is 54.1 Å². The van der Waals surface area contributed by atoms with Crippen LogP contribution < -0.4 is 5.73 Å². The molecule has 0 aromatic heterocycles. The summed E-state index contributed by atoms with van der Waals surface area (Å²) in [5.74, 6) is 3.69. The number of aryl methyl sites for hydroxylation is 1. The summed E-state index contributed by atoms with van der Waals surface area (Å²) < 4.78 is 14.0. The third kappa shape index (κ3) is 4.57. The third-order valence-corrected chi connectivity index (χ3v) is 17.4. The van der Waals surface area contributed by atoms with Crippen molar-refractivity contribution in [2.45, 2.75) is 134 Å². The minimum atomic E-state index is -0.931. The van der Waals surface area contributed by atoms with Gasteiger partial charge < -0.3 is 20.1 Å². The fourth-order valence-electron chi connectivity index (χ4n) is 15.6. The highest BCUT2D eigenvalue weighted by molar-refractivity contribution is 5.99. The molecular weight excluding hydrogens is 683 g/mol. The van der Waals surface area contributed by atoms with Gasteiger partial charge in [0, 0.05) is 54.8 Å². The average molecular weight is 746 g/mol. The van der Waals surface area contributed by atoms with E-state index in [-0.39, 0.29) is 17.9 Å². The molecule has 0 radical (unpaired) electrons. The molecule has 16 rings (SSSR count). The summed E-state index contributed by atoms with van der Waals surface area (Å²) in [5.41, 5.74) is 9.24. The van der Waals surface area contributed by atoms with E-state index in [1.54, 1.807) is 5.70 Å². The van der Waals surface area contributed by atoms with Gasteiger partial charge in [-0.2, -0.15) is 0 Å². The lowest BCUT2D eigenvalue weighted by Crippen LogP contribution is -2.75. The van der Waals surface area contributed by atoms with Crippen LogP contribution in [0.25, 0.3) is 0 Å². The maximum absolute atomic E-state index is 15.3. The van der Waals surface area contributed by atoms with Gasteiger partial charge in [0.15, 0.2) is 5.60 Å². The van der Waals surface area contributed by atoms with Crippen molar-refractivity contribution in [2.24, 2.45) is 58.0 Å². The number of carbonyl (C=O) groups excluding carboxylic acids is 2. The van der Waals surface area contributed by atoms with Gasteiger partial charge in [-0.15, -0.1) is 0 Å². The molecule has 4 saturated heterocycles. The highest BCUT2D eigenvalue weighted by Crippen LogP contribution is 2.84. The summed E-state index contributed by atoms with van der Waals surface area (Å²) >= 11 is 0. The summed E-state index contributed by atoms with van der Waals surface area (Å²) in [5, 5.41) is 0. The fraction of sp³-hybridized carbons (Fsp3) is 0.708. The lowest BCUT2D eigenvalue weighted by molar-refractivity contribution is -0.271. The summed E-state index contributed by atoms with van der Waals surface area (Å²) in [6, 6.07) is 7.50. The van der Waals surface area contributed by atoms with Crippen LogP contribution in [0.2, 0.25) is 0 Å². The fourth-order valence-corrected chi connectivity index (χ4v) is 15.6. The number of carbonyl (C=O) groups is 2. The predicted molar refractivity (Wildman–Crippen MR) is 212 cm³/mol. The number of nitrogens with two attached hydrogens (primary N) is 1. The molecule has 15 aliphatic rings. The van der Waals surface area contributed by atoms with Gasteiger partial charge in [-0.3, -0.25) is 9.69 Å². The Bertz CT molecular complexity index is 1880. The summed E-state index contributed by atoms with van der Waals surface area (Å²) in [6.45, 7) is 8.78. The molecule has 6 fully saturated rings. The van der Waals surface area contributed by atoms with Crippen LogP contribution in [0.15, 0.2) is 53.5 Å². The molecule has 12 atom stereocenters. The quantitative estimate of drug-likeness (QED) is 0.231. The summed E-state index contributed by atoms with van der Waals surface area (Å²) in [6.07, 6.45) is 25.2. The molecule has 10 bridgehead atoms. The first kappa shape index (κ1) is 35.3. The standard InChI is InChI=1S/C48H63N3O4/c1-3-9-40-46-25-34-19-20-47(46,48(40)37-14-7-12-31(13-8-21-49)42(37)44(52)55-48)41(54-45(46)53)24-33-16-18-38-35-23-30(27-51(38)43(33)32-10-5-4-6-11-32)26-50(28-35)39-17-15-29(2)22-36(34)39/h7,12,14,17,24-25,29-30,32-33,35-36,38,40,43H,3-6,8-11,13,15-16,18-23,26-28,49H2,1-2H3. The normalized spacial score (nSPS) is 43.8. The molecule has 11 aliphatic heterocycles. The van der Waals surface area contributed by atoms with Crippen molar-refractivity contribution in [3.63, 3.8) is 0 Å². The van der Waals surface area contributed by atoms with E-state index in [9.17, 15) is 4.79 Å². The van der Waals surface area contributed by atoms with Crippen LogP contribution in [-0.4, -0.2) is 60.0 Å². The summed E-state index contributed by atoms with van der Waals surface area (Å²) in [7, 11) is 0. The largest absolute Gasteiger partial charge is 0.449 e. The number of allylic oxidation sites excluding steroid dienone is 2. The average Bonchev–Trinajstić information content (AvgIpc) is 3.63. The van der Waals surface area contributed by atoms with Crippen molar-refractivity contribution in [1.29, 1.82) is 0 Å². The van der Waals surface area contributed by atoms with Gasteiger partial charge in [-0.25, -0.2) is 4.79 Å². The Balaban J connectivity index is 1.16. The number of esters is 2. The first-order chi connectivity index (χ1) is 26.8. The van der Waals surface area contributed by atoms with E-state index in [0.717, 1.165) is 80.2 Å². The Labute approximate surface area is 328 Å². The number of benzene rings is 1. The molecule has 12 unspecified atom stereocenters. The molecule has 294 valence electrons. The Morgan fingerprint density at radius 1 is 1.00 bits per heavy atom. The topological polar surface area (TPSA) is 85.1 Å². The number of hydrogen-bond acceptors (Lipinski definition) is 7. The summed E-state index contributed by atoms with van der Waals surface area (Å²) in [4.78, 5) is 35.7. The third-order valence-electron chi connectivity index (χ3n) is 17.4. The van der Waals surface area contributed by atoms with E-state index in [4.69, 9.17) is 15.2 Å². The predicted octanol–water partition coefficient (Wildman–Crippen LogP) is 8.43. The van der Waals surface area contributed by atoms with Crippen LogP contribution in [0.1, 0.15) is 132 Å². The van der Waals surface area contributed by atoms with E-state index in [1.165, 1.54) is 70.2 Å². The van der Waals surface area contributed by atoms with Gasteiger partial charge in [0.2, 0.25) is 0 Å². The van der Waals surface area contributed by atoms with Crippen molar-refractivity contribution in [3.8, 4) is 0 Å². The van der Waals surface area contributed by atoms with Crippen LogP contribution >= 0.6 is 0 Å². The minimum absolute atomic E-state index is 0.0877. The van der Waals surface area contributed by atoms with Crippen LogP contribution in [0, 0.1) is 52.3 Å². The lowest BCUT2D eigenvalue weighted by atomic mass is 9.31. The molecule has 0 amide bonds. The van der Waals surface area contributed by atoms with Crippen molar-refractivity contribution in [2.75, 3.05) is 26.2 Å². The van der Waals surface area contributed by atoms with E-state index in [1.807, 2.05) is 0 Å². The molecule has 2 spiro atoms. The molecule has 1 aromatic carbocycles. The number of fused-ring (bicyclic) bond motifs is 2. The minimum Gasteiger partial charge on any atom is -0.449 e. The second kappa shape index (κ2) is 12.8. The lowest BCUT2D eigenvalue weighted by Gasteiger charge is -2.69. The number of ether oxygens (including phenoxy) is 2. The molecule has 55 heavy (non-hydrogen) atoms. The zero-order chi connectivity index (χ0) is 37.3. The molecule has 2 saturated carbocycles. The van der Waals surface area contributed by atoms with E-state index >= 15 is 4.79 Å². The number of rotatable bonds is 6. The van der Waals surface area contributed by atoms with Crippen molar-refractivity contribution < 1.29 is 19.1 Å². The van der Waals surface area contributed by atoms with Crippen LogP contribution in [0.5, 0.6) is 0 Å². The molecular formula is C48H63N3O4. The van der Waals surface area contributed by atoms with E-state index < -0.39 is 16.4 Å². The maximum Gasteiger partial charge on any atom is 0.339 e. The molecule has 1 aromatic rings. The number of nitrogens with zero attached hydrogens (tertiary/aromatic N) is 2. The Morgan fingerprint density at radius 2 is 1.87 bits per heavy atom. The zero-order valence-corrected chi connectivity index (χ0v) is 33.4. The SMILES string of the molecule is CCCC1C23C=C4CCC2(C(=CC2CCC5C6CC(CN(C6)C6=CCC(C)CC46)CN5C2C2CCCCC2)OC3=O)C12OC(=O)c1c(CCCN)cccc12. The van der Waals surface area contributed by atoms with Gasteiger partial charge in [0.1, 0.15) is 11.2 Å². The van der Waals surface area contributed by atoms with Crippen LogP contribution in [0.4, 0.5) is 0 Å². The smallest absolute Gasteiger partial charge is 0.339 e. The van der Waals surface area contributed by atoms with Crippen molar-refractivity contribution in [3.05, 3.63) is 70.1 Å². The van der Waals surface area contributed by atoms with Crippen LogP contribution in [0.3, 0.4) is 0 Å². The highest BCUT2D eigenvalue weighted by atomic mass is 16.6.